The highest BCUT2D eigenvalue weighted by atomic mass is 32.1. The molecule has 0 unspecified atom stereocenters. The van der Waals surface area contributed by atoms with Gasteiger partial charge in [-0.1, -0.05) is 175 Å². The molecule has 3 aliphatic rings. The molecule has 0 spiro atoms. The fraction of sp³-hybridized carbons (Fsp3) is 0.143. The number of rotatable bonds is 5. The number of nitrogens with zero attached hydrogens (tertiary/aromatic N) is 1. The fourth-order valence-electron chi connectivity index (χ4n) is 12.0. The Bertz CT molecular complexity index is 3640. The quantitative estimate of drug-likeness (QED) is 0.167. The van der Waals surface area contributed by atoms with Crippen LogP contribution in [0, 0.1) is 0 Å². The third-order valence-electron chi connectivity index (χ3n) is 15.5. The number of fused-ring (bicyclic) bond motifs is 12. The lowest BCUT2D eigenvalue weighted by atomic mass is 9.81. The van der Waals surface area contributed by atoms with E-state index in [1.165, 1.54) is 126 Å². The maximum Gasteiger partial charge on any atom is 0.0465 e. The summed E-state index contributed by atoms with van der Waals surface area (Å²) in [6.45, 7) is 14.4. The molecule has 1 heterocycles. The molecular formula is C63H49NS. The van der Waals surface area contributed by atoms with Crippen LogP contribution < -0.4 is 4.90 Å². The third-order valence-corrected chi connectivity index (χ3v) is 16.7. The minimum Gasteiger partial charge on any atom is -0.310 e. The first-order valence-electron chi connectivity index (χ1n) is 23.1. The summed E-state index contributed by atoms with van der Waals surface area (Å²) < 4.78 is 2.70. The molecule has 1 nitrogen and oxygen atoms in total. The average Bonchev–Trinajstić information content (AvgIpc) is 3.97. The van der Waals surface area contributed by atoms with Crippen LogP contribution in [-0.2, 0) is 16.2 Å². The summed E-state index contributed by atoms with van der Waals surface area (Å²) in [6.07, 6.45) is 0. The van der Waals surface area contributed by atoms with Crippen LogP contribution in [0.15, 0.2) is 188 Å². The number of benzene rings is 9. The van der Waals surface area contributed by atoms with Gasteiger partial charge in [-0.15, -0.1) is 11.3 Å². The van der Waals surface area contributed by atoms with Crippen molar-refractivity contribution in [3.63, 3.8) is 0 Å². The second kappa shape index (κ2) is 13.5. The van der Waals surface area contributed by atoms with Gasteiger partial charge in [0, 0.05) is 53.5 Å². The minimum absolute atomic E-state index is 0.120. The van der Waals surface area contributed by atoms with Gasteiger partial charge in [0.2, 0.25) is 0 Å². The molecule has 0 aliphatic heterocycles. The van der Waals surface area contributed by atoms with Crippen molar-refractivity contribution in [1.29, 1.82) is 0 Å². The van der Waals surface area contributed by atoms with Crippen LogP contribution in [0.3, 0.4) is 0 Å². The van der Waals surface area contributed by atoms with E-state index in [1.54, 1.807) is 0 Å². The van der Waals surface area contributed by atoms with Crippen molar-refractivity contribution in [2.75, 3.05) is 4.90 Å². The summed E-state index contributed by atoms with van der Waals surface area (Å²) in [6, 6.07) is 71.3. The first kappa shape index (κ1) is 38.5. The van der Waals surface area contributed by atoms with Gasteiger partial charge in [0.05, 0.1) is 0 Å². The predicted molar refractivity (Wildman–Crippen MR) is 278 cm³/mol. The highest BCUT2D eigenvalue weighted by Gasteiger charge is 2.40. The fourth-order valence-corrected chi connectivity index (χ4v) is 13.2. The molecule has 9 aromatic carbocycles. The van der Waals surface area contributed by atoms with Gasteiger partial charge in [0.1, 0.15) is 0 Å². The van der Waals surface area contributed by atoms with Crippen LogP contribution in [0.4, 0.5) is 17.1 Å². The molecule has 10 aromatic rings. The van der Waals surface area contributed by atoms with Crippen LogP contribution in [0.5, 0.6) is 0 Å². The van der Waals surface area contributed by atoms with Gasteiger partial charge in [0.25, 0.3) is 0 Å². The van der Waals surface area contributed by atoms with Crippen LogP contribution in [0.2, 0.25) is 0 Å². The van der Waals surface area contributed by atoms with E-state index in [0.29, 0.717) is 0 Å². The standard InChI is InChI=1S/C63H49NS/c1-61(2)53-21-12-10-17-45(53)48-30-25-41(35-56(48)61)64(42-26-31-49-46-28-23-39(38-15-8-7-9-16-38)33-54(46)62(3,4)57(49)36-42)43-27-32-50-47-29-24-40(34-55(47)63(5,6)58(50)37-43)44-19-14-20-52-51-18-11-13-22-59(51)65-60(44)52/h7-37H,1-6H3. The van der Waals surface area contributed by atoms with E-state index in [9.17, 15) is 0 Å². The third kappa shape index (κ3) is 5.44. The molecule has 13 rings (SSSR count). The van der Waals surface area contributed by atoms with E-state index in [4.69, 9.17) is 0 Å². The van der Waals surface area contributed by atoms with Crippen LogP contribution in [-0.4, -0.2) is 0 Å². The Labute approximate surface area is 386 Å². The van der Waals surface area contributed by atoms with E-state index in [2.05, 4.69) is 234 Å². The number of thiophene rings is 1. The molecule has 0 saturated heterocycles. The lowest BCUT2D eigenvalue weighted by Gasteiger charge is -2.31. The van der Waals surface area contributed by atoms with Crippen molar-refractivity contribution in [1.82, 2.24) is 0 Å². The zero-order valence-corrected chi connectivity index (χ0v) is 38.6. The van der Waals surface area contributed by atoms with E-state index >= 15 is 0 Å². The molecule has 0 saturated carbocycles. The van der Waals surface area contributed by atoms with Crippen LogP contribution >= 0.6 is 11.3 Å². The minimum atomic E-state index is -0.212. The summed E-state index contributed by atoms with van der Waals surface area (Å²) in [5.41, 5.74) is 24.4. The maximum atomic E-state index is 2.53. The molecule has 0 N–H and O–H groups in total. The summed E-state index contributed by atoms with van der Waals surface area (Å²) in [7, 11) is 0. The van der Waals surface area contributed by atoms with Gasteiger partial charge in [-0.25, -0.2) is 0 Å². The number of hydrogen-bond donors (Lipinski definition) is 0. The molecule has 0 amide bonds. The van der Waals surface area contributed by atoms with Gasteiger partial charge in [-0.3, -0.25) is 0 Å². The number of hydrogen-bond acceptors (Lipinski definition) is 2. The Kier molecular flexibility index (Phi) is 8.00. The van der Waals surface area contributed by atoms with Gasteiger partial charge in [-0.2, -0.15) is 0 Å². The lowest BCUT2D eigenvalue weighted by molar-refractivity contribution is 0.659. The van der Waals surface area contributed by atoms with E-state index in [0.717, 1.165) is 0 Å². The summed E-state index contributed by atoms with van der Waals surface area (Å²) >= 11 is 1.91. The molecule has 0 fully saturated rings. The summed E-state index contributed by atoms with van der Waals surface area (Å²) in [5.74, 6) is 0. The van der Waals surface area contributed by atoms with Crippen molar-refractivity contribution < 1.29 is 0 Å². The second-order valence-corrected chi connectivity index (χ2v) is 21.2. The Morgan fingerprint density at radius 3 is 1.35 bits per heavy atom. The predicted octanol–water partition coefficient (Wildman–Crippen LogP) is 17.8. The molecule has 312 valence electrons. The second-order valence-electron chi connectivity index (χ2n) is 20.1. The molecule has 0 radical (unpaired) electrons. The molecular weight excluding hydrogens is 803 g/mol. The van der Waals surface area contributed by atoms with Crippen LogP contribution in [0.25, 0.3) is 75.8 Å². The summed E-state index contributed by atoms with van der Waals surface area (Å²) in [5, 5.41) is 2.68. The molecule has 0 atom stereocenters. The van der Waals surface area contributed by atoms with Crippen molar-refractivity contribution >= 4 is 48.6 Å². The van der Waals surface area contributed by atoms with Gasteiger partial charge in [0.15, 0.2) is 0 Å². The highest BCUT2D eigenvalue weighted by molar-refractivity contribution is 7.26. The molecule has 1 aromatic heterocycles. The topological polar surface area (TPSA) is 3.24 Å². The zero-order chi connectivity index (χ0) is 44.0. The molecule has 2 heteroatoms. The zero-order valence-electron chi connectivity index (χ0n) is 37.8. The first-order valence-corrected chi connectivity index (χ1v) is 23.9. The normalized spacial score (nSPS) is 15.3. The van der Waals surface area contributed by atoms with Crippen molar-refractivity contribution in [2.24, 2.45) is 0 Å². The summed E-state index contributed by atoms with van der Waals surface area (Å²) in [4.78, 5) is 2.53. The average molecular weight is 852 g/mol. The molecule has 3 aliphatic carbocycles. The monoisotopic (exact) mass is 851 g/mol. The highest BCUT2D eigenvalue weighted by Crippen LogP contribution is 2.56. The maximum absolute atomic E-state index is 2.53. The van der Waals surface area contributed by atoms with E-state index in [-0.39, 0.29) is 16.2 Å². The van der Waals surface area contributed by atoms with Crippen molar-refractivity contribution in [3.05, 3.63) is 221 Å². The Morgan fingerprint density at radius 1 is 0.308 bits per heavy atom. The van der Waals surface area contributed by atoms with Gasteiger partial charge in [-0.05, 0) is 144 Å². The Balaban J connectivity index is 0.949. The lowest BCUT2D eigenvalue weighted by Crippen LogP contribution is -2.19. The van der Waals surface area contributed by atoms with E-state index < -0.39 is 0 Å². The van der Waals surface area contributed by atoms with Gasteiger partial charge < -0.3 is 4.90 Å². The Hall–Kier alpha value is -7.00. The SMILES string of the molecule is CC1(C)c2ccccc2-c2ccc(N(c3ccc4c(c3)C(C)(C)c3cc(-c5ccccc5)ccc3-4)c3ccc4c(c3)C(C)(C)c3cc(-c5cccc6c5sc5ccccc56)ccc3-4)cc21. The first-order chi connectivity index (χ1) is 31.5. The molecule has 65 heavy (non-hydrogen) atoms. The van der Waals surface area contributed by atoms with E-state index in [1.807, 2.05) is 11.3 Å². The number of anilines is 3. The van der Waals surface area contributed by atoms with Crippen LogP contribution in [0.1, 0.15) is 74.9 Å². The largest absolute Gasteiger partial charge is 0.310 e. The van der Waals surface area contributed by atoms with Gasteiger partial charge >= 0.3 is 0 Å². The Morgan fingerprint density at radius 2 is 0.738 bits per heavy atom. The molecule has 0 bridgehead atoms. The van der Waals surface area contributed by atoms with Crippen molar-refractivity contribution in [3.8, 4) is 55.6 Å². The van der Waals surface area contributed by atoms with Crippen molar-refractivity contribution in [2.45, 2.75) is 57.8 Å². The smallest absolute Gasteiger partial charge is 0.0465 e.